The first-order valence-corrected chi connectivity index (χ1v) is 5.93. The molecule has 0 bridgehead atoms. The van der Waals surface area contributed by atoms with E-state index in [2.05, 4.69) is 5.32 Å². The summed E-state index contributed by atoms with van der Waals surface area (Å²) in [5.41, 5.74) is -0.158. The zero-order valence-electron chi connectivity index (χ0n) is 8.12. The van der Waals surface area contributed by atoms with Crippen molar-refractivity contribution in [3.05, 3.63) is 28.5 Å². The van der Waals surface area contributed by atoms with Gasteiger partial charge in [-0.2, -0.15) is 0 Å². The molecule has 1 aromatic carbocycles. The Kier molecular flexibility index (Phi) is 3.51. The van der Waals surface area contributed by atoms with Gasteiger partial charge in [0.05, 0.1) is 10.6 Å². The molecule has 88 valence electrons. The molecule has 0 aliphatic carbocycles. The number of halogens is 2. The number of carbonyl (C=O) groups is 1. The van der Waals surface area contributed by atoms with Crippen LogP contribution in [0.3, 0.4) is 0 Å². The first kappa shape index (κ1) is 12.9. The largest absolute Gasteiger partial charge is 0.355 e. The summed E-state index contributed by atoms with van der Waals surface area (Å²) in [4.78, 5) is 10.5. The minimum atomic E-state index is -4.23. The second kappa shape index (κ2) is 4.36. The molecule has 0 aromatic heterocycles. The minimum Gasteiger partial charge on any atom is -0.355 e. The van der Waals surface area contributed by atoms with Gasteiger partial charge in [-0.3, -0.25) is 4.79 Å². The molecule has 0 radical (unpaired) electrons. The van der Waals surface area contributed by atoms with Gasteiger partial charge in [-0.25, -0.2) is 17.9 Å². The summed E-state index contributed by atoms with van der Waals surface area (Å²) in [7, 11) is -2.90. The number of hydrogen-bond acceptors (Lipinski definition) is 3. The maximum absolute atomic E-state index is 13.2. The Bertz CT molecular complexity index is 544. The van der Waals surface area contributed by atoms with Gasteiger partial charge < -0.3 is 5.32 Å². The Morgan fingerprint density at radius 1 is 1.50 bits per heavy atom. The molecule has 1 amide bonds. The fraction of sp³-hybridized carbons (Fsp3) is 0.125. The zero-order chi connectivity index (χ0) is 12.5. The third kappa shape index (κ3) is 2.49. The summed E-state index contributed by atoms with van der Waals surface area (Å²) >= 11 is 5.59. The highest BCUT2D eigenvalue weighted by molar-refractivity contribution is 7.89. The summed E-state index contributed by atoms with van der Waals surface area (Å²) in [5.74, 6) is -1.73. The molecular weight excluding hydrogens is 259 g/mol. The Hall–Kier alpha value is -1.18. The van der Waals surface area contributed by atoms with E-state index in [4.69, 9.17) is 16.7 Å². The van der Waals surface area contributed by atoms with Gasteiger partial charge >= 0.3 is 0 Å². The highest BCUT2D eigenvalue weighted by atomic mass is 35.5. The Morgan fingerprint density at radius 2 is 2.06 bits per heavy atom. The van der Waals surface area contributed by atoms with Gasteiger partial charge in [-0.1, -0.05) is 11.6 Å². The first-order valence-electron chi connectivity index (χ1n) is 4.01. The summed E-state index contributed by atoms with van der Waals surface area (Å²) in [6, 6.07) is 1.53. The predicted octanol–water partition coefficient (Wildman–Crippen LogP) is 0.486. The fourth-order valence-corrected chi connectivity index (χ4v) is 1.90. The summed E-state index contributed by atoms with van der Waals surface area (Å²) in [5, 5.41) is 6.82. The fourth-order valence-electron chi connectivity index (χ4n) is 1.06. The van der Waals surface area contributed by atoms with Crippen molar-refractivity contribution in [3.63, 3.8) is 0 Å². The van der Waals surface area contributed by atoms with Crippen LogP contribution >= 0.6 is 11.6 Å². The van der Waals surface area contributed by atoms with Crippen LogP contribution in [0, 0.1) is 5.82 Å². The summed E-state index contributed by atoms with van der Waals surface area (Å²) in [6.07, 6.45) is 0. The monoisotopic (exact) mass is 266 g/mol. The van der Waals surface area contributed by atoms with E-state index in [0.717, 1.165) is 12.1 Å². The van der Waals surface area contributed by atoms with E-state index in [1.165, 1.54) is 7.05 Å². The smallest absolute Gasteiger partial charge is 0.252 e. The third-order valence-corrected chi connectivity index (χ3v) is 3.04. The number of rotatable bonds is 2. The van der Waals surface area contributed by atoms with Crippen molar-refractivity contribution in [1.29, 1.82) is 0 Å². The molecule has 0 fully saturated rings. The Morgan fingerprint density at radius 3 is 2.50 bits per heavy atom. The van der Waals surface area contributed by atoms with Crippen LogP contribution in [-0.4, -0.2) is 21.4 Å². The molecule has 0 heterocycles. The second-order valence-electron chi connectivity index (χ2n) is 2.89. The predicted molar refractivity (Wildman–Crippen MR) is 56.2 cm³/mol. The molecule has 0 spiro atoms. The lowest BCUT2D eigenvalue weighted by Crippen LogP contribution is -2.20. The number of carbonyl (C=O) groups excluding carboxylic acids is 1. The Labute approximate surface area is 96.4 Å². The number of amides is 1. The number of nitrogens with one attached hydrogen (secondary N) is 1. The highest BCUT2D eigenvalue weighted by Crippen LogP contribution is 2.23. The molecule has 0 atom stereocenters. The summed E-state index contributed by atoms with van der Waals surface area (Å²) in [6.45, 7) is 0. The van der Waals surface area contributed by atoms with E-state index in [1.54, 1.807) is 0 Å². The molecule has 0 aliphatic heterocycles. The van der Waals surface area contributed by atoms with Crippen molar-refractivity contribution >= 4 is 27.5 Å². The molecular formula is C8H8ClFN2O3S. The molecule has 0 saturated carbocycles. The highest BCUT2D eigenvalue weighted by Gasteiger charge is 2.20. The lowest BCUT2D eigenvalue weighted by molar-refractivity contribution is 0.0963. The Balaban J connectivity index is 3.51. The molecule has 0 unspecified atom stereocenters. The average molecular weight is 267 g/mol. The number of benzene rings is 1. The zero-order valence-corrected chi connectivity index (χ0v) is 9.69. The van der Waals surface area contributed by atoms with E-state index < -0.39 is 26.6 Å². The average Bonchev–Trinajstić information content (AvgIpc) is 2.14. The van der Waals surface area contributed by atoms with E-state index in [1.807, 2.05) is 0 Å². The van der Waals surface area contributed by atoms with Crippen molar-refractivity contribution < 1.29 is 17.6 Å². The van der Waals surface area contributed by atoms with Gasteiger partial charge in [0, 0.05) is 7.05 Å². The molecule has 1 rings (SSSR count). The maximum Gasteiger partial charge on any atom is 0.252 e. The molecule has 0 aliphatic rings. The van der Waals surface area contributed by atoms with Crippen LogP contribution in [0.1, 0.15) is 10.4 Å². The van der Waals surface area contributed by atoms with Crippen LogP contribution in [0.4, 0.5) is 4.39 Å². The van der Waals surface area contributed by atoms with Crippen LogP contribution in [-0.2, 0) is 10.0 Å². The van der Waals surface area contributed by atoms with Gasteiger partial charge in [-0.05, 0) is 12.1 Å². The lowest BCUT2D eigenvalue weighted by atomic mass is 10.2. The van der Waals surface area contributed by atoms with Gasteiger partial charge in [-0.15, -0.1) is 0 Å². The lowest BCUT2D eigenvalue weighted by Gasteiger charge is -2.06. The normalized spacial score (nSPS) is 11.2. The van der Waals surface area contributed by atoms with Crippen molar-refractivity contribution in [3.8, 4) is 0 Å². The number of nitrogens with two attached hydrogens (primary N) is 1. The number of sulfonamides is 1. The van der Waals surface area contributed by atoms with Crippen molar-refractivity contribution in [2.75, 3.05) is 7.05 Å². The van der Waals surface area contributed by atoms with Crippen LogP contribution in [0.5, 0.6) is 0 Å². The number of hydrogen-bond donors (Lipinski definition) is 2. The maximum atomic E-state index is 13.2. The standard InChI is InChI=1S/C8H8ClFN2O3S/c1-12-8(13)4-2-7(16(11,14)15)6(10)3-5(4)9/h2-3H,1H3,(H,12,13)(H2,11,14,15). The van der Waals surface area contributed by atoms with E-state index in [0.29, 0.717) is 0 Å². The van der Waals surface area contributed by atoms with Crippen molar-refractivity contribution in [2.24, 2.45) is 5.14 Å². The molecule has 8 heteroatoms. The molecule has 16 heavy (non-hydrogen) atoms. The van der Waals surface area contributed by atoms with E-state index in [-0.39, 0.29) is 10.6 Å². The topological polar surface area (TPSA) is 89.3 Å². The van der Waals surface area contributed by atoms with Gasteiger partial charge in [0.2, 0.25) is 10.0 Å². The number of primary sulfonamides is 1. The van der Waals surface area contributed by atoms with Gasteiger partial charge in [0.15, 0.2) is 0 Å². The van der Waals surface area contributed by atoms with Crippen molar-refractivity contribution in [1.82, 2.24) is 5.32 Å². The third-order valence-electron chi connectivity index (χ3n) is 1.80. The molecule has 0 saturated heterocycles. The van der Waals surface area contributed by atoms with Crippen molar-refractivity contribution in [2.45, 2.75) is 4.90 Å². The molecule has 5 nitrogen and oxygen atoms in total. The van der Waals surface area contributed by atoms with Crippen LogP contribution in [0.15, 0.2) is 17.0 Å². The first-order chi connectivity index (χ1) is 7.27. The quantitative estimate of drug-likeness (QED) is 0.816. The van der Waals surface area contributed by atoms with Crippen LogP contribution in [0.25, 0.3) is 0 Å². The van der Waals surface area contributed by atoms with Gasteiger partial charge in [0.25, 0.3) is 5.91 Å². The minimum absolute atomic E-state index is 0.158. The van der Waals surface area contributed by atoms with Gasteiger partial charge in [0.1, 0.15) is 10.7 Å². The second-order valence-corrected chi connectivity index (χ2v) is 4.82. The van der Waals surface area contributed by atoms with Crippen LogP contribution in [0.2, 0.25) is 5.02 Å². The van der Waals surface area contributed by atoms with E-state index >= 15 is 0 Å². The molecule has 3 N–H and O–H groups in total. The van der Waals surface area contributed by atoms with E-state index in [9.17, 15) is 17.6 Å². The SMILES string of the molecule is CNC(=O)c1cc(S(N)(=O)=O)c(F)cc1Cl. The summed E-state index contributed by atoms with van der Waals surface area (Å²) < 4.78 is 35.2. The van der Waals surface area contributed by atoms with Crippen LogP contribution < -0.4 is 10.5 Å². The molecule has 1 aromatic rings.